The highest BCUT2D eigenvalue weighted by Crippen LogP contribution is 2.12. The topological polar surface area (TPSA) is 80.3 Å². The molecule has 0 aliphatic rings. The molecule has 2 heterocycles. The van der Waals surface area contributed by atoms with Crippen LogP contribution < -0.4 is 0 Å². The highest BCUT2D eigenvalue weighted by Gasteiger charge is 2.07. The fourth-order valence-electron chi connectivity index (χ4n) is 1.85. The first kappa shape index (κ1) is 12.0. The smallest absolute Gasteiger partial charge is 0.205 e. The third-order valence-electron chi connectivity index (χ3n) is 2.84. The first-order valence-corrected chi connectivity index (χ1v) is 6.03. The fourth-order valence-corrected chi connectivity index (χ4v) is 1.85. The van der Waals surface area contributed by atoms with Crippen LogP contribution in [-0.2, 0) is 6.54 Å². The maximum absolute atomic E-state index is 9.06. The van der Waals surface area contributed by atoms with Crippen molar-refractivity contribution in [2.24, 2.45) is 0 Å². The van der Waals surface area contributed by atoms with E-state index in [0.29, 0.717) is 17.9 Å². The molecule has 0 amide bonds. The van der Waals surface area contributed by atoms with Gasteiger partial charge in [-0.2, -0.15) is 10.1 Å². The van der Waals surface area contributed by atoms with Crippen molar-refractivity contribution in [1.82, 2.24) is 25.2 Å². The second-order valence-electron chi connectivity index (χ2n) is 4.15. The molecule has 0 radical (unpaired) electrons. The maximum atomic E-state index is 9.06. The Labute approximate surface area is 115 Å². The normalized spacial score (nSPS) is 10.2. The molecule has 0 spiro atoms. The van der Waals surface area contributed by atoms with Crippen molar-refractivity contribution >= 4 is 0 Å². The number of tetrazole rings is 1. The number of hydrogen-bond acceptors (Lipinski definition) is 5. The van der Waals surface area contributed by atoms with E-state index in [9.17, 15) is 0 Å². The summed E-state index contributed by atoms with van der Waals surface area (Å²) < 4.78 is 0. The monoisotopic (exact) mass is 262 g/mol. The summed E-state index contributed by atoms with van der Waals surface area (Å²) in [5, 5.41) is 21.4. The van der Waals surface area contributed by atoms with E-state index in [1.54, 1.807) is 18.5 Å². The molecule has 0 N–H and O–H groups in total. The van der Waals surface area contributed by atoms with E-state index in [2.05, 4.69) is 26.5 Å². The lowest BCUT2D eigenvalue weighted by atomic mass is 10.1. The summed E-state index contributed by atoms with van der Waals surface area (Å²) in [5.74, 6) is 0.543. The minimum absolute atomic E-state index is 0.418. The van der Waals surface area contributed by atoms with Crippen molar-refractivity contribution in [3.63, 3.8) is 0 Å². The van der Waals surface area contributed by atoms with Gasteiger partial charge in [-0.1, -0.05) is 18.2 Å². The molecule has 3 aromatic rings. The van der Waals surface area contributed by atoms with Gasteiger partial charge in [-0.3, -0.25) is 4.98 Å². The molecule has 6 nitrogen and oxygen atoms in total. The quantitative estimate of drug-likeness (QED) is 0.717. The minimum Gasteiger partial charge on any atom is -0.265 e. The predicted molar refractivity (Wildman–Crippen MR) is 71.3 cm³/mol. The van der Waals surface area contributed by atoms with Crippen LogP contribution in [0.5, 0.6) is 0 Å². The van der Waals surface area contributed by atoms with Crippen LogP contribution in [0.15, 0.2) is 48.8 Å². The molecule has 0 saturated heterocycles. The van der Waals surface area contributed by atoms with Crippen LogP contribution in [0.1, 0.15) is 11.1 Å². The molecule has 6 heteroatoms. The van der Waals surface area contributed by atoms with Gasteiger partial charge in [0.05, 0.1) is 18.2 Å². The Morgan fingerprint density at radius 3 is 2.70 bits per heavy atom. The Hall–Kier alpha value is -3.07. The number of hydrogen-bond donors (Lipinski definition) is 0. The first-order chi connectivity index (χ1) is 9.86. The molecular formula is C14H10N6. The Kier molecular flexibility index (Phi) is 3.17. The SMILES string of the molecule is N#Cc1ccccc1Cn1nnc(-c2ccncc2)n1. The average molecular weight is 262 g/mol. The van der Waals surface area contributed by atoms with Crippen LogP contribution in [0.25, 0.3) is 11.4 Å². The molecule has 3 rings (SSSR count). The summed E-state index contributed by atoms with van der Waals surface area (Å²) in [4.78, 5) is 5.43. The molecule has 96 valence electrons. The van der Waals surface area contributed by atoms with Gasteiger partial charge in [-0.15, -0.1) is 10.2 Å². The van der Waals surface area contributed by atoms with Crippen LogP contribution in [0.4, 0.5) is 0 Å². The van der Waals surface area contributed by atoms with Crippen LogP contribution in [0.3, 0.4) is 0 Å². The second kappa shape index (κ2) is 5.28. The summed E-state index contributed by atoms with van der Waals surface area (Å²) in [6.07, 6.45) is 3.36. The van der Waals surface area contributed by atoms with E-state index in [0.717, 1.165) is 11.1 Å². The molecule has 20 heavy (non-hydrogen) atoms. The van der Waals surface area contributed by atoms with E-state index < -0.39 is 0 Å². The Balaban J connectivity index is 1.87. The standard InChI is InChI=1S/C14H10N6/c15-9-12-3-1-2-4-13(12)10-20-18-14(17-19-20)11-5-7-16-8-6-11/h1-8H,10H2. The summed E-state index contributed by atoms with van der Waals surface area (Å²) in [5.41, 5.74) is 2.35. The molecule has 2 aromatic heterocycles. The van der Waals surface area contributed by atoms with Crippen molar-refractivity contribution in [3.8, 4) is 17.5 Å². The van der Waals surface area contributed by atoms with Gasteiger partial charge in [0.2, 0.25) is 5.82 Å². The molecule has 1 aromatic carbocycles. The van der Waals surface area contributed by atoms with Crippen molar-refractivity contribution in [2.45, 2.75) is 6.54 Å². The number of benzene rings is 1. The number of pyridine rings is 1. The van der Waals surface area contributed by atoms with Crippen LogP contribution in [-0.4, -0.2) is 25.2 Å². The third-order valence-corrected chi connectivity index (χ3v) is 2.84. The highest BCUT2D eigenvalue weighted by molar-refractivity contribution is 5.52. The van der Waals surface area contributed by atoms with Gasteiger partial charge in [-0.25, -0.2) is 0 Å². The lowest BCUT2D eigenvalue weighted by molar-refractivity contribution is 0.572. The molecule has 0 unspecified atom stereocenters. The van der Waals surface area contributed by atoms with E-state index in [1.165, 1.54) is 4.80 Å². The van der Waals surface area contributed by atoms with Gasteiger partial charge in [0, 0.05) is 18.0 Å². The zero-order valence-electron chi connectivity index (χ0n) is 10.5. The fraction of sp³-hybridized carbons (Fsp3) is 0.0714. The lowest BCUT2D eigenvalue weighted by Crippen LogP contribution is -2.05. The van der Waals surface area contributed by atoms with Gasteiger partial charge < -0.3 is 0 Å². The maximum Gasteiger partial charge on any atom is 0.205 e. The van der Waals surface area contributed by atoms with Crippen LogP contribution in [0, 0.1) is 11.3 Å². The summed E-state index contributed by atoms with van der Waals surface area (Å²) in [7, 11) is 0. The summed E-state index contributed by atoms with van der Waals surface area (Å²) in [6.45, 7) is 0.418. The van der Waals surface area contributed by atoms with Gasteiger partial charge >= 0.3 is 0 Å². The molecule has 0 bridgehead atoms. The van der Waals surface area contributed by atoms with Crippen molar-refractivity contribution in [3.05, 3.63) is 59.9 Å². The Bertz CT molecular complexity index is 757. The van der Waals surface area contributed by atoms with Gasteiger partial charge in [0.1, 0.15) is 0 Å². The largest absolute Gasteiger partial charge is 0.265 e. The summed E-state index contributed by atoms with van der Waals surface area (Å²) in [6, 6.07) is 13.2. The van der Waals surface area contributed by atoms with Crippen molar-refractivity contribution in [2.75, 3.05) is 0 Å². The molecule has 0 aliphatic carbocycles. The molecule has 0 saturated carbocycles. The number of nitriles is 1. The third kappa shape index (κ3) is 2.37. The highest BCUT2D eigenvalue weighted by atomic mass is 15.6. The molecule has 0 atom stereocenters. The number of rotatable bonds is 3. The minimum atomic E-state index is 0.418. The van der Waals surface area contributed by atoms with E-state index in [4.69, 9.17) is 5.26 Å². The van der Waals surface area contributed by atoms with E-state index >= 15 is 0 Å². The molecule has 0 aliphatic heterocycles. The van der Waals surface area contributed by atoms with Crippen molar-refractivity contribution in [1.29, 1.82) is 5.26 Å². The van der Waals surface area contributed by atoms with Crippen LogP contribution in [0.2, 0.25) is 0 Å². The second-order valence-corrected chi connectivity index (χ2v) is 4.15. The lowest BCUT2D eigenvalue weighted by Gasteiger charge is -2.01. The van der Waals surface area contributed by atoms with Crippen LogP contribution >= 0.6 is 0 Å². The molecule has 0 fully saturated rings. The Morgan fingerprint density at radius 2 is 1.90 bits per heavy atom. The number of aromatic nitrogens is 5. The zero-order chi connectivity index (χ0) is 13.8. The van der Waals surface area contributed by atoms with Gasteiger partial charge in [0.15, 0.2) is 0 Å². The average Bonchev–Trinajstić information content (AvgIpc) is 2.97. The Morgan fingerprint density at radius 1 is 1.10 bits per heavy atom. The molecular weight excluding hydrogens is 252 g/mol. The summed E-state index contributed by atoms with van der Waals surface area (Å²) >= 11 is 0. The van der Waals surface area contributed by atoms with Gasteiger partial charge in [-0.05, 0) is 29.0 Å². The zero-order valence-corrected chi connectivity index (χ0v) is 10.5. The predicted octanol–water partition coefficient (Wildman–Crippen LogP) is 1.66. The van der Waals surface area contributed by atoms with Crippen molar-refractivity contribution < 1.29 is 0 Å². The van der Waals surface area contributed by atoms with E-state index in [1.807, 2.05) is 30.3 Å². The van der Waals surface area contributed by atoms with Gasteiger partial charge in [0.25, 0.3) is 0 Å². The van der Waals surface area contributed by atoms with E-state index in [-0.39, 0.29) is 0 Å². The first-order valence-electron chi connectivity index (χ1n) is 6.03. The number of nitrogens with zero attached hydrogens (tertiary/aromatic N) is 6.